The number of alkyl halides is 3. The number of halogens is 3. The van der Waals surface area contributed by atoms with Gasteiger partial charge in [0, 0.05) is 19.1 Å². The molecule has 4 nitrogen and oxygen atoms in total. The minimum absolute atomic E-state index is 0.145. The van der Waals surface area contributed by atoms with Crippen LogP contribution in [-0.4, -0.2) is 28.7 Å². The molecule has 8 heteroatoms. The van der Waals surface area contributed by atoms with Crippen LogP contribution >= 0.6 is 11.5 Å². The molecule has 1 N–H and O–H groups in total. The van der Waals surface area contributed by atoms with Gasteiger partial charge in [0.25, 0.3) is 0 Å². The molecule has 0 saturated carbocycles. The van der Waals surface area contributed by atoms with E-state index in [1.807, 2.05) is 0 Å². The molecule has 0 bridgehead atoms. The number of carboxylic acids is 1. The first-order valence-corrected chi connectivity index (χ1v) is 6.06. The first kappa shape index (κ1) is 13.3. The number of aromatic nitrogens is 1. The largest absolute Gasteiger partial charge is 0.477 e. The number of hydrogen-bond donors (Lipinski definition) is 1. The van der Waals surface area contributed by atoms with E-state index in [9.17, 15) is 18.0 Å². The smallest absolute Gasteiger partial charge is 0.419 e. The summed E-state index contributed by atoms with van der Waals surface area (Å²) in [5.41, 5.74) is -1.24. The summed E-state index contributed by atoms with van der Waals surface area (Å²) in [5.74, 6) is -1.96. The van der Waals surface area contributed by atoms with Crippen LogP contribution in [0.5, 0.6) is 0 Å². The van der Waals surface area contributed by atoms with Crippen molar-refractivity contribution in [2.75, 3.05) is 13.2 Å². The predicted octanol–water partition coefficient (Wildman–Crippen LogP) is 2.75. The van der Waals surface area contributed by atoms with Crippen LogP contribution in [0.15, 0.2) is 0 Å². The second-order valence-electron chi connectivity index (χ2n) is 3.96. The topological polar surface area (TPSA) is 59.4 Å². The Hall–Kier alpha value is -1.15. The maximum Gasteiger partial charge on any atom is 0.419 e. The Balaban J connectivity index is 2.44. The molecule has 0 atom stereocenters. The maximum absolute atomic E-state index is 12.9. The highest BCUT2D eigenvalue weighted by molar-refractivity contribution is 7.08. The van der Waals surface area contributed by atoms with Gasteiger partial charge in [0.1, 0.15) is 10.4 Å². The lowest BCUT2D eigenvalue weighted by molar-refractivity contribution is -0.138. The summed E-state index contributed by atoms with van der Waals surface area (Å²) in [6, 6.07) is 0. The van der Waals surface area contributed by atoms with Crippen molar-refractivity contribution >= 4 is 17.5 Å². The van der Waals surface area contributed by atoms with Crippen molar-refractivity contribution in [2.45, 2.75) is 24.9 Å². The van der Waals surface area contributed by atoms with Crippen LogP contribution in [0.2, 0.25) is 0 Å². The van der Waals surface area contributed by atoms with E-state index in [0.717, 1.165) is 0 Å². The molecule has 1 aliphatic rings. The summed E-state index contributed by atoms with van der Waals surface area (Å²) < 4.78 is 47.6. The lowest BCUT2D eigenvalue weighted by Crippen LogP contribution is -2.19. The van der Waals surface area contributed by atoms with E-state index in [2.05, 4.69) is 4.37 Å². The van der Waals surface area contributed by atoms with Crippen molar-refractivity contribution < 1.29 is 27.8 Å². The van der Waals surface area contributed by atoms with E-state index in [-0.39, 0.29) is 11.6 Å². The van der Waals surface area contributed by atoms with E-state index < -0.39 is 22.6 Å². The molecule has 0 aliphatic carbocycles. The Bertz CT molecular complexity index is 452. The molecule has 0 unspecified atom stereocenters. The number of carbonyl (C=O) groups is 1. The van der Waals surface area contributed by atoms with Crippen molar-refractivity contribution in [1.29, 1.82) is 0 Å². The van der Waals surface area contributed by atoms with Gasteiger partial charge in [0.15, 0.2) is 0 Å². The van der Waals surface area contributed by atoms with Gasteiger partial charge in [-0.05, 0) is 24.4 Å². The SMILES string of the molecule is O=C(O)c1snc(C2CCOCC2)c1C(F)(F)F. The fourth-order valence-corrected chi connectivity index (χ4v) is 2.79. The predicted molar refractivity (Wildman–Crippen MR) is 56.9 cm³/mol. The zero-order valence-electron chi connectivity index (χ0n) is 9.16. The summed E-state index contributed by atoms with van der Waals surface area (Å²) in [7, 11) is 0. The van der Waals surface area contributed by atoms with Crippen LogP contribution in [0, 0.1) is 0 Å². The van der Waals surface area contributed by atoms with Crippen LogP contribution in [0.25, 0.3) is 0 Å². The number of nitrogens with zero attached hydrogens (tertiary/aromatic N) is 1. The molecular formula is C10H10F3NO3S. The van der Waals surface area contributed by atoms with Gasteiger partial charge in [-0.2, -0.15) is 17.5 Å². The highest BCUT2D eigenvalue weighted by Crippen LogP contribution is 2.41. The zero-order chi connectivity index (χ0) is 13.3. The normalized spacial score (nSPS) is 17.9. The van der Waals surface area contributed by atoms with Crippen molar-refractivity contribution in [3.63, 3.8) is 0 Å². The number of hydrogen-bond acceptors (Lipinski definition) is 4. The van der Waals surface area contributed by atoms with Gasteiger partial charge in [-0.25, -0.2) is 4.79 Å². The standard InChI is InChI=1S/C10H10F3NO3S/c11-10(12,13)6-7(5-1-3-17-4-2-5)14-18-8(6)9(15)16/h5H,1-4H2,(H,15,16). The summed E-state index contributed by atoms with van der Waals surface area (Å²) in [6.45, 7) is 0.754. The van der Waals surface area contributed by atoms with Gasteiger partial charge in [-0.15, -0.1) is 0 Å². The minimum atomic E-state index is -4.69. The van der Waals surface area contributed by atoms with Gasteiger partial charge < -0.3 is 9.84 Å². The van der Waals surface area contributed by atoms with Crippen LogP contribution < -0.4 is 0 Å². The van der Waals surface area contributed by atoms with E-state index >= 15 is 0 Å². The van der Waals surface area contributed by atoms with E-state index in [0.29, 0.717) is 37.6 Å². The summed E-state index contributed by atoms with van der Waals surface area (Å²) in [4.78, 5) is 10.1. The molecular weight excluding hydrogens is 271 g/mol. The first-order valence-electron chi connectivity index (χ1n) is 5.29. The number of carboxylic acid groups (broad SMARTS) is 1. The molecule has 0 spiro atoms. The molecule has 1 aliphatic heterocycles. The minimum Gasteiger partial charge on any atom is -0.477 e. The molecule has 2 heterocycles. The van der Waals surface area contributed by atoms with Crippen LogP contribution in [0.1, 0.15) is 39.7 Å². The first-order chi connectivity index (χ1) is 8.41. The van der Waals surface area contributed by atoms with Gasteiger partial charge in [-0.3, -0.25) is 0 Å². The molecule has 18 heavy (non-hydrogen) atoms. The summed E-state index contributed by atoms with van der Waals surface area (Å²) >= 11 is 0.394. The lowest BCUT2D eigenvalue weighted by Gasteiger charge is -2.22. The van der Waals surface area contributed by atoms with Crippen molar-refractivity contribution in [3.8, 4) is 0 Å². The average molecular weight is 281 g/mol. The maximum atomic E-state index is 12.9. The fourth-order valence-electron chi connectivity index (χ4n) is 1.97. The number of rotatable bonds is 2. The molecule has 2 rings (SSSR count). The fraction of sp³-hybridized carbons (Fsp3) is 0.600. The summed E-state index contributed by atoms with van der Waals surface area (Å²) in [5, 5.41) is 8.79. The molecule has 1 fully saturated rings. The van der Waals surface area contributed by atoms with Gasteiger partial charge in [0.05, 0.1) is 5.69 Å². The molecule has 1 saturated heterocycles. The Morgan fingerprint density at radius 1 is 1.39 bits per heavy atom. The highest BCUT2D eigenvalue weighted by Gasteiger charge is 2.42. The van der Waals surface area contributed by atoms with Crippen molar-refractivity contribution in [2.24, 2.45) is 0 Å². The molecule has 0 aromatic carbocycles. The second kappa shape index (κ2) is 4.85. The molecule has 0 radical (unpaired) electrons. The molecule has 1 aromatic heterocycles. The molecule has 1 aromatic rings. The molecule has 0 amide bonds. The average Bonchev–Trinajstić information content (AvgIpc) is 2.74. The third kappa shape index (κ3) is 2.49. The Labute approximate surface area is 105 Å². The van der Waals surface area contributed by atoms with Crippen LogP contribution in [0.3, 0.4) is 0 Å². The van der Waals surface area contributed by atoms with Crippen LogP contribution in [-0.2, 0) is 10.9 Å². The van der Waals surface area contributed by atoms with Crippen LogP contribution in [0.4, 0.5) is 13.2 Å². The number of aromatic carboxylic acids is 1. The highest BCUT2D eigenvalue weighted by atomic mass is 32.1. The van der Waals surface area contributed by atoms with Crippen molar-refractivity contribution in [3.05, 3.63) is 16.1 Å². The quantitative estimate of drug-likeness (QED) is 0.905. The van der Waals surface area contributed by atoms with E-state index in [1.54, 1.807) is 0 Å². The third-order valence-corrected chi connectivity index (χ3v) is 3.65. The third-order valence-electron chi connectivity index (χ3n) is 2.80. The summed E-state index contributed by atoms with van der Waals surface area (Å²) in [6.07, 6.45) is -3.81. The Kier molecular flexibility index (Phi) is 3.58. The lowest BCUT2D eigenvalue weighted by atomic mass is 9.93. The van der Waals surface area contributed by atoms with Crippen molar-refractivity contribution in [1.82, 2.24) is 4.37 Å². The van der Waals surface area contributed by atoms with Gasteiger partial charge in [0.2, 0.25) is 0 Å². The van der Waals surface area contributed by atoms with E-state index in [1.165, 1.54) is 0 Å². The monoisotopic (exact) mass is 281 g/mol. The second-order valence-corrected chi connectivity index (χ2v) is 4.73. The van der Waals surface area contributed by atoms with Gasteiger partial charge >= 0.3 is 12.1 Å². The van der Waals surface area contributed by atoms with Gasteiger partial charge in [-0.1, -0.05) is 0 Å². The zero-order valence-corrected chi connectivity index (χ0v) is 9.98. The Morgan fingerprint density at radius 3 is 2.50 bits per heavy atom. The Morgan fingerprint density at radius 2 is 2.00 bits per heavy atom. The van der Waals surface area contributed by atoms with E-state index in [4.69, 9.17) is 9.84 Å². The molecule has 100 valence electrons. The number of ether oxygens (including phenoxy) is 1.